The summed E-state index contributed by atoms with van der Waals surface area (Å²) in [5, 5.41) is 2.30. The lowest BCUT2D eigenvalue weighted by Gasteiger charge is -2.30. The van der Waals surface area contributed by atoms with E-state index < -0.39 is 6.04 Å². The van der Waals surface area contributed by atoms with Crippen LogP contribution in [0.5, 0.6) is 0 Å². The van der Waals surface area contributed by atoms with Gasteiger partial charge in [0.15, 0.2) is 5.78 Å². The van der Waals surface area contributed by atoms with Crippen molar-refractivity contribution in [2.45, 2.75) is 38.1 Å². The largest absolute Gasteiger partial charge is 0.296 e. The first-order valence-electron chi connectivity index (χ1n) is 6.47. The second-order valence-corrected chi connectivity index (χ2v) is 5.49. The third-order valence-corrected chi connectivity index (χ3v) is 3.89. The van der Waals surface area contributed by atoms with Crippen molar-refractivity contribution in [2.24, 2.45) is 5.92 Å². The lowest BCUT2D eigenvalue weighted by atomic mass is 9.97. The van der Waals surface area contributed by atoms with Crippen LogP contribution in [0, 0.1) is 5.92 Å². The zero-order chi connectivity index (χ0) is 13.0. The van der Waals surface area contributed by atoms with E-state index in [9.17, 15) is 9.59 Å². The number of ketones is 1. The minimum Gasteiger partial charge on any atom is -0.296 e. The fourth-order valence-electron chi connectivity index (χ4n) is 2.31. The van der Waals surface area contributed by atoms with Gasteiger partial charge < -0.3 is 0 Å². The molecule has 1 heterocycles. The second-order valence-electron chi connectivity index (χ2n) is 4.70. The van der Waals surface area contributed by atoms with E-state index in [2.05, 4.69) is 15.9 Å². The van der Waals surface area contributed by atoms with Gasteiger partial charge in [-0.2, -0.15) is 0 Å². The Morgan fingerprint density at radius 2 is 2.00 bits per heavy atom. The average Bonchev–Trinajstić information content (AvgIpc) is 2.60. The molecule has 2 unspecified atom stereocenters. The van der Waals surface area contributed by atoms with Crippen LogP contribution in [-0.2, 0) is 14.4 Å². The number of nitrogens with zero attached hydrogens (tertiary/aromatic N) is 1. The Morgan fingerprint density at radius 1 is 1.22 bits per heavy atom. The zero-order valence-corrected chi connectivity index (χ0v) is 11.9. The summed E-state index contributed by atoms with van der Waals surface area (Å²) in [7, 11) is 0. The predicted molar refractivity (Wildman–Crippen MR) is 71.1 cm³/mol. The van der Waals surface area contributed by atoms with Crippen molar-refractivity contribution in [3.05, 3.63) is 12.2 Å². The highest BCUT2D eigenvalue weighted by atomic mass is 79.9. The van der Waals surface area contributed by atoms with E-state index in [4.69, 9.17) is 4.84 Å². The Hall–Kier alpha value is -0.680. The van der Waals surface area contributed by atoms with Crippen LogP contribution in [0.15, 0.2) is 12.2 Å². The molecule has 1 amide bonds. The highest BCUT2D eigenvalue weighted by molar-refractivity contribution is 9.09. The van der Waals surface area contributed by atoms with Gasteiger partial charge in [-0.25, -0.2) is 5.06 Å². The zero-order valence-electron chi connectivity index (χ0n) is 10.3. The molecule has 0 saturated carbocycles. The monoisotopic (exact) mass is 315 g/mol. The normalized spacial score (nSPS) is 26.2. The van der Waals surface area contributed by atoms with Gasteiger partial charge >= 0.3 is 0 Å². The minimum absolute atomic E-state index is 0.0740. The van der Waals surface area contributed by atoms with Crippen LogP contribution in [0.25, 0.3) is 0 Å². The Balaban J connectivity index is 1.73. The van der Waals surface area contributed by atoms with Crippen LogP contribution >= 0.6 is 15.9 Å². The van der Waals surface area contributed by atoms with E-state index in [-0.39, 0.29) is 24.0 Å². The summed E-state index contributed by atoms with van der Waals surface area (Å²) in [6.07, 6.45) is 8.19. The molecule has 4 nitrogen and oxygen atoms in total. The van der Waals surface area contributed by atoms with Gasteiger partial charge in [-0.15, -0.1) is 0 Å². The van der Waals surface area contributed by atoms with Crippen LogP contribution in [0.3, 0.4) is 0 Å². The smallest absolute Gasteiger partial charge is 0.248 e. The predicted octanol–water partition coefficient (Wildman–Crippen LogP) is 2.23. The third kappa shape index (κ3) is 3.01. The van der Waals surface area contributed by atoms with Crippen molar-refractivity contribution in [1.82, 2.24) is 5.06 Å². The lowest BCUT2D eigenvalue weighted by molar-refractivity contribution is -0.202. The van der Waals surface area contributed by atoms with Gasteiger partial charge in [0.25, 0.3) is 0 Å². The van der Waals surface area contributed by atoms with E-state index in [0.29, 0.717) is 6.61 Å². The SMILES string of the molecule is O=C1C2C=CC1N(OCCCCCCBr)C(=O)C2. The average molecular weight is 316 g/mol. The summed E-state index contributed by atoms with van der Waals surface area (Å²) in [5.74, 6) is -0.190. The Kier molecular flexibility index (Phi) is 4.95. The summed E-state index contributed by atoms with van der Waals surface area (Å²) in [5.41, 5.74) is 0. The number of hydrogen-bond acceptors (Lipinski definition) is 3. The maximum absolute atomic E-state index is 11.8. The van der Waals surface area contributed by atoms with Crippen molar-refractivity contribution >= 4 is 27.6 Å². The number of allylic oxidation sites excluding steroid dienone is 1. The summed E-state index contributed by atoms with van der Waals surface area (Å²) >= 11 is 3.39. The Bertz CT molecular complexity index is 356. The van der Waals surface area contributed by atoms with Crippen LogP contribution in [-0.4, -0.2) is 34.7 Å². The van der Waals surface area contributed by atoms with Gasteiger partial charge in [-0.1, -0.05) is 40.9 Å². The van der Waals surface area contributed by atoms with E-state index in [0.717, 1.165) is 31.0 Å². The molecule has 0 spiro atoms. The van der Waals surface area contributed by atoms with Crippen LogP contribution in [0.2, 0.25) is 0 Å². The molecule has 1 saturated heterocycles. The van der Waals surface area contributed by atoms with Gasteiger partial charge in [-0.3, -0.25) is 14.4 Å². The maximum Gasteiger partial charge on any atom is 0.248 e. The molecule has 18 heavy (non-hydrogen) atoms. The molecule has 1 aliphatic carbocycles. The van der Waals surface area contributed by atoms with E-state index in [1.54, 1.807) is 6.08 Å². The standard InChI is InChI=1S/C13H18BrNO3/c14-7-3-1-2-4-8-18-15-11-6-5-10(13(11)17)9-12(15)16/h5-6,10-11H,1-4,7-9H2. The highest BCUT2D eigenvalue weighted by Crippen LogP contribution is 2.28. The van der Waals surface area contributed by atoms with Crippen molar-refractivity contribution < 1.29 is 14.4 Å². The number of amides is 1. The first kappa shape index (κ1) is 13.7. The third-order valence-electron chi connectivity index (χ3n) is 3.33. The number of Topliss-reactive ketones (excluding diaryl/α,β-unsaturated/α-hetero) is 1. The first-order chi connectivity index (χ1) is 8.74. The van der Waals surface area contributed by atoms with Gasteiger partial charge in [0.2, 0.25) is 5.91 Å². The van der Waals surface area contributed by atoms with Crippen molar-refractivity contribution in [3.8, 4) is 0 Å². The van der Waals surface area contributed by atoms with Gasteiger partial charge in [0.05, 0.1) is 6.61 Å². The molecule has 2 bridgehead atoms. The van der Waals surface area contributed by atoms with Crippen molar-refractivity contribution in [1.29, 1.82) is 0 Å². The molecule has 100 valence electrons. The molecule has 5 heteroatoms. The molecule has 0 aromatic carbocycles. The molecule has 2 rings (SSSR count). The summed E-state index contributed by atoms with van der Waals surface area (Å²) in [6.45, 7) is 0.510. The summed E-state index contributed by atoms with van der Waals surface area (Å²) in [6, 6.07) is -0.473. The minimum atomic E-state index is -0.473. The van der Waals surface area contributed by atoms with Crippen molar-refractivity contribution in [2.75, 3.05) is 11.9 Å². The molecule has 1 fully saturated rings. The molecule has 0 N–H and O–H groups in total. The number of rotatable bonds is 7. The van der Waals surface area contributed by atoms with Gasteiger partial charge in [0.1, 0.15) is 6.04 Å². The maximum atomic E-state index is 11.8. The number of piperidine rings is 1. The second kappa shape index (κ2) is 6.48. The van der Waals surface area contributed by atoms with Crippen LogP contribution in [0.1, 0.15) is 32.1 Å². The van der Waals surface area contributed by atoms with Crippen molar-refractivity contribution in [3.63, 3.8) is 0 Å². The number of carbonyl (C=O) groups is 2. The molecule has 2 aliphatic rings. The summed E-state index contributed by atoms with van der Waals surface area (Å²) < 4.78 is 0. The molecule has 0 aromatic heterocycles. The van der Waals surface area contributed by atoms with Crippen LogP contribution < -0.4 is 0 Å². The molecular weight excluding hydrogens is 298 g/mol. The molecule has 0 aromatic rings. The number of hydroxylamine groups is 2. The Labute approximate surface area is 115 Å². The molecule has 2 atom stereocenters. The van der Waals surface area contributed by atoms with E-state index in [1.165, 1.54) is 5.06 Å². The molecule has 1 aliphatic heterocycles. The number of unbranched alkanes of at least 4 members (excludes halogenated alkanes) is 3. The highest BCUT2D eigenvalue weighted by Gasteiger charge is 2.43. The van der Waals surface area contributed by atoms with Gasteiger partial charge in [0, 0.05) is 17.7 Å². The number of alkyl halides is 1. The number of hydrogen-bond donors (Lipinski definition) is 0. The topological polar surface area (TPSA) is 46.6 Å². The van der Waals surface area contributed by atoms with E-state index in [1.807, 2.05) is 6.08 Å². The van der Waals surface area contributed by atoms with E-state index >= 15 is 0 Å². The number of halogens is 1. The fraction of sp³-hybridized carbons (Fsp3) is 0.692. The molecule has 0 radical (unpaired) electrons. The number of carbonyl (C=O) groups excluding carboxylic acids is 2. The quantitative estimate of drug-likeness (QED) is 0.411. The van der Waals surface area contributed by atoms with Crippen LogP contribution in [0.4, 0.5) is 0 Å². The first-order valence-corrected chi connectivity index (χ1v) is 7.59. The fourth-order valence-corrected chi connectivity index (χ4v) is 2.71. The van der Waals surface area contributed by atoms with Gasteiger partial charge in [-0.05, 0) is 12.8 Å². The molecular formula is C13H18BrNO3. The number of fused-ring (bicyclic) bond motifs is 2. The Morgan fingerprint density at radius 3 is 2.78 bits per heavy atom. The summed E-state index contributed by atoms with van der Waals surface area (Å²) in [4.78, 5) is 29.0. The lowest BCUT2D eigenvalue weighted by Crippen LogP contribution is -2.48.